The maximum Gasteiger partial charge on any atom is 0.334 e. The Bertz CT molecular complexity index is 380. The van der Waals surface area contributed by atoms with Gasteiger partial charge >= 0.3 is 5.97 Å². The van der Waals surface area contributed by atoms with E-state index in [9.17, 15) is 4.79 Å². The van der Waals surface area contributed by atoms with Gasteiger partial charge in [-0.1, -0.05) is 0 Å². The van der Waals surface area contributed by atoms with E-state index in [1.54, 1.807) is 11.3 Å². The third kappa shape index (κ3) is 2.78. The Kier molecular flexibility index (Phi) is 3.52. The summed E-state index contributed by atoms with van der Waals surface area (Å²) in [6.07, 6.45) is -0.700. The number of carboxylic acid groups (broad SMARTS) is 1. The fraction of sp³-hybridized carbons (Fsp3) is 0.600. The van der Waals surface area contributed by atoms with Crippen molar-refractivity contribution >= 4 is 17.3 Å². The van der Waals surface area contributed by atoms with E-state index in [1.807, 2.05) is 12.3 Å². The van der Waals surface area contributed by atoms with E-state index in [0.29, 0.717) is 19.7 Å². The average Bonchev–Trinajstić information content (AvgIpc) is 2.64. The van der Waals surface area contributed by atoms with Gasteiger partial charge in [-0.15, -0.1) is 11.3 Å². The van der Waals surface area contributed by atoms with E-state index >= 15 is 0 Å². The summed E-state index contributed by atoms with van der Waals surface area (Å²) in [5.74, 6) is -0.890. The van der Waals surface area contributed by atoms with Crippen molar-refractivity contribution in [3.8, 4) is 0 Å². The molecule has 1 unspecified atom stereocenters. The minimum atomic E-state index is -0.890. The summed E-state index contributed by atoms with van der Waals surface area (Å²) in [6.45, 7) is 4.34. The molecule has 0 radical (unpaired) electrons. The highest BCUT2D eigenvalue weighted by molar-refractivity contribution is 7.09. The lowest BCUT2D eigenvalue weighted by molar-refractivity contribution is -0.156. The number of morpholine rings is 1. The largest absolute Gasteiger partial charge is 0.479 e. The smallest absolute Gasteiger partial charge is 0.334 e. The highest BCUT2D eigenvalue weighted by Crippen LogP contribution is 2.13. The van der Waals surface area contributed by atoms with Crippen LogP contribution in [0, 0.1) is 6.92 Å². The molecule has 1 aromatic heterocycles. The van der Waals surface area contributed by atoms with Crippen LogP contribution >= 0.6 is 11.3 Å². The molecule has 0 aliphatic carbocycles. The fourth-order valence-corrected chi connectivity index (χ4v) is 2.31. The van der Waals surface area contributed by atoms with Gasteiger partial charge in [0.05, 0.1) is 17.3 Å². The Labute approximate surface area is 97.7 Å². The summed E-state index contributed by atoms with van der Waals surface area (Å²) in [7, 11) is 0. The molecule has 1 fully saturated rings. The first kappa shape index (κ1) is 11.5. The van der Waals surface area contributed by atoms with Crippen molar-refractivity contribution in [1.29, 1.82) is 0 Å². The monoisotopic (exact) mass is 242 g/mol. The summed E-state index contributed by atoms with van der Waals surface area (Å²) >= 11 is 1.61. The Morgan fingerprint density at radius 3 is 3.25 bits per heavy atom. The molecule has 0 saturated carbocycles. The number of thiazole rings is 1. The van der Waals surface area contributed by atoms with Crippen molar-refractivity contribution in [2.24, 2.45) is 0 Å². The van der Waals surface area contributed by atoms with Gasteiger partial charge in [-0.05, 0) is 6.92 Å². The van der Waals surface area contributed by atoms with Crippen LogP contribution in [-0.2, 0) is 16.1 Å². The van der Waals surface area contributed by atoms with E-state index in [-0.39, 0.29) is 0 Å². The van der Waals surface area contributed by atoms with Gasteiger partial charge in [0, 0.05) is 25.0 Å². The lowest BCUT2D eigenvalue weighted by atomic mass is 10.2. The maximum atomic E-state index is 10.8. The predicted octanol–water partition coefficient (Wildman–Crippen LogP) is 0.737. The second kappa shape index (κ2) is 4.90. The number of carboxylic acids is 1. The van der Waals surface area contributed by atoms with Gasteiger partial charge in [0.25, 0.3) is 0 Å². The number of nitrogens with zero attached hydrogens (tertiary/aromatic N) is 2. The molecule has 5 nitrogen and oxygen atoms in total. The highest BCUT2D eigenvalue weighted by Gasteiger charge is 2.26. The molecule has 0 spiro atoms. The van der Waals surface area contributed by atoms with E-state index in [0.717, 1.165) is 17.2 Å². The average molecular weight is 242 g/mol. The third-order valence-electron chi connectivity index (χ3n) is 2.48. The second-order valence-electron chi connectivity index (χ2n) is 3.79. The Morgan fingerprint density at radius 2 is 2.62 bits per heavy atom. The van der Waals surface area contributed by atoms with Crippen LogP contribution in [-0.4, -0.2) is 46.8 Å². The molecule has 0 aromatic carbocycles. The molecule has 0 bridgehead atoms. The topological polar surface area (TPSA) is 62.7 Å². The predicted molar refractivity (Wildman–Crippen MR) is 59.5 cm³/mol. The van der Waals surface area contributed by atoms with E-state index < -0.39 is 12.1 Å². The summed E-state index contributed by atoms with van der Waals surface area (Å²) in [6, 6.07) is 0. The van der Waals surface area contributed by atoms with Crippen LogP contribution in [0.3, 0.4) is 0 Å². The highest BCUT2D eigenvalue weighted by atomic mass is 32.1. The number of carbonyl (C=O) groups is 1. The number of aliphatic carboxylic acids is 1. The van der Waals surface area contributed by atoms with Crippen LogP contribution in [0.5, 0.6) is 0 Å². The first-order valence-electron chi connectivity index (χ1n) is 5.13. The van der Waals surface area contributed by atoms with Crippen LogP contribution in [0.1, 0.15) is 10.7 Å². The SMILES string of the molecule is Cc1nc(CN2CCOC(C(=O)O)C2)cs1. The number of hydrogen-bond donors (Lipinski definition) is 1. The van der Waals surface area contributed by atoms with Crippen molar-refractivity contribution in [3.05, 3.63) is 16.1 Å². The van der Waals surface area contributed by atoms with Gasteiger partial charge in [0.2, 0.25) is 0 Å². The Balaban J connectivity index is 1.92. The van der Waals surface area contributed by atoms with Gasteiger partial charge in [0.1, 0.15) is 0 Å². The third-order valence-corrected chi connectivity index (χ3v) is 3.30. The number of rotatable bonds is 3. The van der Waals surface area contributed by atoms with Crippen LogP contribution in [0.2, 0.25) is 0 Å². The summed E-state index contributed by atoms with van der Waals surface area (Å²) < 4.78 is 5.15. The molecule has 1 N–H and O–H groups in total. The van der Waals surface area contributed by atoms with Gasteiger partial charge < -0.3 is 9.84 Å². The lowest BCUT2D eigenvalue weighted by Gasteiger charge is -2.30. The zero-order chi connectivity index (χ0) is 11.5. The van der Waals surface area contributed by atoms with Crippen LogP contribution < -0.4 is 0 Å². The number of ether oxygens (including phenoxy) is 1. The zero-order valence-corrected chi connectivity index (χ0v) is 9.87. The fourth-order valence-electron chi connectivity index (χ4n) is 1.71. The van der Waals surface area contributed by atoms with E-state index in [4.69, 9.17) is 9.84 Å². The first-order chi connectivity index (χ1) is 7.65. The van der Waals surface area contributed by atoms with Crippen molar-refractivity contribution in [3.63, 3.8) is 0 Å². The molecule has 1 aliphatic heterocycles. The normalized spacial score (nSPS) is 22.2. The minimum Gasteiger partial charge on any atom is -0.479 e. The summed E-state index contributed by atoms with van der Waals surface area (Å²) in [4.78, 5) is 17.2. The molecule has 2 rings (SSSR count). The molecule has 16 heavy (non-hydrogen) atoms. The zero-order valence-electron chi connectivity index (χ0n) is 9.05. The molecular weight excluding hydrogens is 228 g/mol. The quantitative estimate of drug-likeness (QED) is 0.847. The van der Waals surface area contributed by atoms with Crippen molar-refractivity contribution in [2.45, 2.75) is 19.6 Å². The molecule has 0 amide bonds. The Hall–Kier alpha value is -0.980. The summed E-state index contributed by atoms with van der Waals surface area (Å²) in [5.41, 5.74) is 1.01. The standard InChI is InChI=1S/C10H14N2O3S/c1-7-11-8(6-16-7)4-12-2-3-15-9(5-12)10(13)14/h6,9H,2-5H2,1H3,(H,13,14). The lowest BCUT2D eigenvalue weighted by Crippen LogP contribution is -2.45. The van der Waals surface area contributed by atoms with Crippen LogP contribution in [0.15, 0.2) is 5.38 Å². The molecule has 1 saturated heterocycles. The molecule has 1 atom stereocenters. The van der Waals surface area contributed by atoms with Gasteiger partial charge in [-0.3, -0.25) is 4.90 Å². The molecular formula is C10H14N2O3S. The first-order valence-corrected chi connectivity index (χ1v) is 6.01. The van der Waals surface area contributed by atoms with Gasteiger partial charge in [-0.25, -0.2) is 9.78 Å². The van der Waals surface area contributed by atoms with Crippen LogP contribution in [0.4, 0.5) is 0 Å². The van der Waals surface area contributed by atoms with Crippen molar-refractivity contribution < 1.29 is 14.6 Å². The molecule has 1 aromatic rings. The molecule has 6 heteroatoms. The second-order valence-corrected chi connectivity index (χ2v) is 4.85. The minimum absolute atomic E-state index is 0.436. The van der Waals surface area contributed by atoms with E-state index in [2.05, 4.69) is 9.88 Å². The van der Waals surface area contributed by atoms with Crippen molar-refractivity contribution in [2.75, 3.05) is 19.7 Å². The maximum absolute atomic E-state index is 10.8. The molecule has 88 valence electrons. The molecule has 2 heterocycles. The van der Waals surface area contributed by atoms with Crippen LogP contribution in [0.25, 0.3) is 0 Å². The Morgan fingerprint density at radius 1 is 1.81 bits per heavy atom. The van der Waals surface area contributed by atoms with Crippen molar-refractivity contribution in [1.82, 2.24) is 9.88 Å². The number of hydrogen-bond acceptors (Lipinski definition) is 5. The number of aryl methyl sites for hydroxylation is 1. The molecule has 1 aliphatic rings. The van der Waals surface area contributed by atoms with E-state index in [1.165, 1.54) is 0 Å². The summed E-state index contributed by atoms with van der Waals surface area (Å²) in [5, 5.41) is 11.9. The van der Waals surface area contributed by atoms with Gasteiger partial charge in [0.15, 0.2) is 6.10 Å². The number of aromatic nitrogens is 1. The van der Waals surface area contributed by atoms with Gasteiger partial charge in [-0.2, -0.15) is 0 Å².